The molecule has 2 rings (SSSR count). The highest BCUT2D eigenvalue weighted by Crippen LogP contribution is 2.24. The van der Waals surface area contributed by atoms with Crippen LogP contribution in [0.5, 0.6) is 0 Å². The third-order valence-electron chi connectivity index (χ3n) is 3.39. The second-order valence-electron chi connectivity index (χ2n) is 5.34. The maximum Gasteiger partial charge on any atom is 0.123 e. The van der Waals surface area contributed by atoms with Crippen molar-refractivity contribution in [1.29, 1.82) is 0 Å². The summed E-state index contributed by atoms with van der Waals surface area (Å²) < 4.78 is 0. The highest BCUT2D eigenvalue weighted by atomic mass is 32.1. The molecule has 0 aliphatic rings. The average Bonchev–Trinajstić information content (AvgIpc) is 2.88. The van der Waals surface area contributed by atoms with Crippen LogP contribution in [-0.4, -0.2) is 34.2 Å². The lowest BCUT2D eigenvalue weighted by molar-refractivity contribution is 0.0726. The second-order valence-corrected chi connectivity index (χ2v) is 6.19. The van der Waals surface area contributed by atoms with Crippen molar-refractivity contribution in [2.75, 3.05) is 13.7 Å². The zero-order chi connectivity index (χ0) is 13.9. The molecule has 19 heavy (non-hydrogen) atoms. The van der Waals surface area contributed by atoms with Crippen LogP contribution in [0.1, 0.15) is 19.5 Å². The minimum atomic E-state index is -0.226. The van der Waals surface area contributed by atoms with Crippen LogP contribution in [0.3, 0.4) is 0 Å². The van der Waals surface area contributed by atoms with Crippen LogP contribution in [0.2, 0.25) is 0 Å². The number of thiazole rings is 1. The summed E-state index contributed by atoms with van der Waals surface area (Å²) in [5.74, 6) is 0. The maximum absolute atomic E-state index is 9.37. The fourth-order valence-corrected chi connectivity index (χ4v) is 2.49. The highest BCUT2D eigenvalue weighted by Gasteiger charge is 2.23. The van der Waals surface area contributed by atoms with Gasteiger partial charge in [0.2, 0.25) is 0 Å². The first kappa shape index (κ1) is 14.2. The van der Waals surface area contributed by atoms with E-state index in [0.717, 1.165) is 22.8 Å². The molecule has 0 aliphatic carbocycles. The topological polar surface area (TPSA) is 36.4 Å². The molecule has 0 aliphatic heterocycles. The number of aromatic nitrogens is 1. The van der Waals surface area contributed by atoms with Crippen molar-refractivity contribution >= 4 is 11.3 Å². The van der Waals surface area contributed by atoms with E-state index < -0.39 is 0 Å². The first-order valence-corrected chi connectivity index (χ1v) is 7.23. The van der Waals surface area contributed by atoms with Gasteiger partial charge in [0.1, 0.15) is 5.01 Å². The third-order valence-corrected chi connectivity index (χ3v) is 4.33. The summed E-state index contributed by atoms with van der Waals surface area (Å²) in [7, 11) is 2.01. The van der Waals surface area contributed by atoms with Gasteiger partial charge in [0, 0.05) is 23.0 Å². The Morgan fingerprint density at radius 1 is 1.26 bits per heavy atom. The molecule has 102 valence electrons. The quantitative estimate of drug-likeness (QED) is 0.912. The predicted octanol–water partition coefficient (Wildman–Crippen LogP) is 3.01. The number of hydrogen-bond acceptors (Lipinski definition) is 4. The molecule has 0 spiro atoms. The molecule has 4 heteroatoms. The number of benzene rings is 1. The molecular formula is C15H20N2OS. The maximum atomic E-state index is 9.37. The van der Waals surface area contributed by atoms with Crippen LogP contribution in [0.4, 0.5) is 0 Å². The number of hydrogen-bond donors (Lipinski definition) is 1. The van der Waals surface area contributed by atoms with Gasteiger partial charge in [0.05, 0.1) is 12.3 Å². The van der Waals surface area contributed by atoms with Crippen LogP contribution in [0, 0.1) is 0 Å². The molecule has 1 aromatic heterocycles. The third kappa shape index (κ3) is 3.41. The Labute approximate surface area is 118 Å². The van der Waals surface area contributed by atoms with Crippen LogP contribution in [0.25, 0.3) is 10.6 Å². The van der Waals surface area contributed by atoms with Crippen molar-refractivity contribution in [3.63, 3.8) is 0 Å². The van der Waals surface area contributed by atoms with E-state index in [9.17, 15) is 5.11 Å². The first-order chi connectivity index (χ1) is 9.03. The van der Waals surface area contributed by atoms with E-state index in [0.29, 0.717) is 0 Å². The average molecular weight is 276 g/mol. The van der Waals surface area contributed by atoms with Crippen molar-refractivity contribution in [2.24, 2.45) is 0 Å². The van der Waals surface area contributed by atoms with E-state index in [1.165, 1.54) is 0 Å². The monoisotopic (exact) mass is 276 g/mol. The molecule has 0 fully saturated rings. The molecule has 0 radical (unpaired) electrons. The fourth-order valence-electron chi connectivity index (χ4n) is 1.67. The van der Waals surface area contributed by atoms with Crippen LogP contribution < -0.4 is 0 Å². The SMILES string of the molecule is CN(Cc1csc(-c2ccccc2)n1)C(C)(C)CO. The first-order valence-electron chi connectivity index (χ1n) is 6.35. The Bertz CT molecular complexity index is 522. The highest BCUT2D eigenvalue weighted by molar-refractivity contribution is 7.13. The fraction of sp³-hybridized carbons (Fsp3) is 0.400. The van der Waals surface area contributed by atoms with Gasteiger partial charge in [-0.2, -0.15) is 0 Å². The van der Waals surface area contributed by atoms with E-state index in [1.54, 1.807) is 11.3 Å². The summed E-state index contributed by atoms with van der Waals surface area (Å²) in [5, 5.41) is 12.5. The van der Waals surface area contributed by atoms with E-state index in [4.69, 9.17) is 0 Å². The largest absolute Gasteiger partial charge is 0.394 e. The molecule has 1 aromatic carbocycles. The number of rotatable bonds is 5. The summed E-state index contributed by atoms with van der Waals surface area (Å²) in [5.41, 5.74) is 1.98. The van der Waals surface area contributed by atoms with Gasteiger partial charge in [-0.05, 0) is 20.9 Å². The zero-order valence-corrected chi connectivity index (χ0v) is 12.4. The smallest absolute Gasteiger partial charge is 0.123 e. The van der Waals surface area contributed by atoms with Gasteiger partial charge in [0.25, 0.3) is 0 Å². The van der Waals surface area contributed by atoms with E-state index in [2.05, 4.69) is 27.4 Å². The summed E-state index contributed by atoms with van der Waals surface area (Å²) in [6, 6.07) is 10.2. The molecule has 0 atom stereocenters. The Hall–Kier alpha value is -1.23. The van der Waals surface area contributed by atoms with Gasteiger partial charge in [-0.3, -0.25) is 4.90 Å². The zero-order valence-electron chi connectivity index (χ0n) is 11.6. The lowest BCUT2D eigenvalue weighted by Crippen LogP contribution is -2.43. The van der Waals surface area contributed by atoms with Crippen molar-refractivity contribution < 1.29 is 5.11 Å². The van der Waals surface area contributed by atoms with Crippen molar-refractivity contribution in [1.82, 2.24) is 9.88 Å². The standard InChI is InChI=1S/C15H20N2OS/c1-15(2,11-18)17(3)9-13-10-19-14(16-13)12-7-5-4-6-8-12/h4-8,10,18H,9,11H2,1-3H3. The lowest BCUT2D eigenvalue weighted by Gasteiger charge is -2.33. The Morgan fingerprint density at radius 3 is 2.58 bits per heavy atom. The Balaban J connectivity index is 2.10. The van der Waals surface area contributed by atoms with E-state index in [-0.39, 0.29) is 12.1 Å². The molecule has 3 nitrogen and oxygen atoms in total. The van der Waals surface area contributed by atoms with Crippen LogP contribution in [-0.2, 0) is 6.54 Å². The van der Waals surface area contributed by atoms with Crippen LogP contribution >= 0.6 is 11.3 Å². The summed E-state index contributed by atoms with van der Waals surface area (Å²) in [4.78, 5) is 6.79. The Morgan fingerprint density at radius 2 is 1.95 bits per heavy atom. The molecule has 0 amide bonds. The molecule has 1 N–H and O–H groups in total. The molecule has 0 unspecified atom stereocenters. The normalized spacial score (nSPS) is 12.1. The van der Waals surface area contributed by atoms with E-state index in [1.807, 2.05) is 39.1 Å². The molecule has 0 saturated carbocycles. The molecule has 0 bridgehead atoms. The second kappa shape index (κ2) is 5.82. The lowest BCUT2D eigenvalue weighted by atomic mass is 10.1. The van der Waals surface area contributed by atoms with Crippen molar-refractivity contribution in [2.45, 2.75) is 25.9 Å². The minimum Gasteiger partial charge on any atom is -0.394 e. The molecule has 2 aromatic rings. The van der Waals surface area contributed by atoms with Crippen molar-refractivity contribution in [3.8, 4) is 10.6 Å². The predicted molar refractivity (Wildman–Crippen MR) is 80.2 cm³/mol. The molecule has 1 heterocycles. The molecule has 0 saturated heterocycles. The molecular weight excluding hydrogens is 256 g/mol. The summed E-state index contributed by atoms with van der Waals surface area (Å²) >= 11 is 1.66. The summed E-state index contributed by atoms with van der Waals surface area (Å²) in [6.07, 6.45) is 0. The summed E-state index contributed by atoms with van der Waals surface area (Å²) in [6.45, 7) is 4.94. The van der Waals surface area contributed by atoms with Crippen LogP contribution in [0.15, 0.2) is 35.7 Å². The number of aliphatic hydroxyl groups excluding tert-OH is 1. The number of nitrogens with zero attached hydrogens (tertiary/aromatic N) is 2. The van der Waals surface area contributed by atoms with Gasteiger partial charge in [-0.1, -0.05) is 30.3 Å². The van der Waals surface area contributed by atoms with E-state index >= 15 is 0 Å². The number of likely N-dealkylation sites (N-methyl/N-ethyl adjacent to an activating group) is 1. The van der Waals surface area contributed by atoms with Gasteiger partial charge < -0.3 is 5.11 Å². The van der Waals surface area contributed by atoms with Gasteiger partial charge in [0.15, 0.2) is 0 Å². The van der Waals surface area contributed by atoms with Gasteiger partial charge in [-0.15, -0.1) is 11.3 Å². The Kier molecular flexibility index (Phi) is 4.34. The number of aliphatic hydroxyl groups is 1. The minimum absolute atomic E-state index is 0.138. The van der Waals surface area contributed by atoms with Gasteiger partial charge >= 0.3 is 0 Å². The van der Waals surface area contributed by atoms with Crippen molar-refractivity contribution in [3.05, 3.63) is 41.4 Å². The van der Waals surface area contributed by atoms with Gasteiger partial charge in [-0.25, -0.2) is 4.98 Å².